The summed E-state index contributed by atoms with van der Waals surface area (Å²) in [5, 5.41) is 10.2. The van der Waals surface area contributed by atoms with Crippen molar-refractivity contribution in [2.75, 3.05) is 52.9 Å². The van der Waals surface area contributed by atoms with Crippen LogP contribution in [-0.4, -0.2) is 84.0 Å². The molecule has 4 aliphatic rings. The average Bonchev–Trinajstić information content (AvgIpc) is 2.48. The van der Waals surface area contributed by atoms with Crippen LogP contribution in [-0.2, 0) is 0 Å². The molecule has 4 saturated heterocycles. The fourth-order valence-electron chi connectivity index (χ4n) is 5.18. The van der Waals surface area contributed by atoms with E-state index >= 15 is 0 Å². The number of aliphatic hydroxyl groups is 1. The zero-order valence-corrected chi connectivity index (χ0v) is 15.0. The van der Waals surface area contributed by atoms with Gasteiger partial charge in [0.05, 0.1) is 46.3 Å². The lowest BCUT2D eigenvalue weighted by Gasteiger charge is -2.51. The Morgan fingerprint density at radius 1 is 0.826 bits per heavy atom. The van der Waals surface area contributed by atoms with Crippen molar-refractivity contribution in [3.8, 4) is 0 Å². The van der Waals surface area contributed by atoms with Gasteiger partial charge in [-0.1, -0.05) is 0 Å². The molecule has 4 heterocycles. The molecule has 0 aromatic carbocycles. The molecular formula is C18H38N2O3. The summed E-state index contributed by atoms with van der Waals surface area (Å²) in [7, 11) is 2.46. The van der Waals surface area contributed by atoms with Crippen LogP contribution in [0.15, 0.2) is 0 Å². The van der Waals surface area contributed by atoms with Crippen LogP contribution < -0.4 is 0 Å². The van der Waals surface area contributed by atoms with Gasteiger partial charge in [-0.05, 0) is 38.5 Å². The highest BCUT2D eigenvalue weighted by Crippen LogP contribution is 2.34. The monoisotopic (exact) mass is 330 g/mol. The molecule has 0 aromatic heterocycles. The van der Waals surface area contributed by atoms with E-state index in [0.29, 0.717) is 5.92 Å². The van der Waals surface area contributed by atoms with Crippen molar-refractivity contribution in [2.24, 2.45) is 5.92 Å². The zero-order valence-electron chi connectivity index (χ0n) is 15.0. The molecule has 0 radical (unpaired) electrons. The maximum absolute atomic E-state index is 10.2. The molecule has 3 N–H and O–H groups in total. The highest BCUT2D eigenvalue weighted by atomic mass is 16.3. The molecule has 23 heavy (non-hydrogen) atoms. The minimum absolute atomic E-state index is 0. The predicted octanol–water partition coefficient (Wildman–Crippen LogP) is 2.03. The van der Waals surface area contributed by atoms with E-state index in [-0.39, 0.29) is 17.1 Å². The SMILES string of the molecule is C[N+]1(CCCCC[N+]23CCC(CC2)C(O)C3)CCCCC1.[OH-].[OH-]. The number of nitrogens with zero attached hydrogens (tertiary/aromatic N) is 2. The van der Waals surface area contributed by atoms with Gasteiger partial charge in [-0.25, -0.2) is 0 Å². The summed E-state index contributed by atoms with van der Waals surface area (Å²) in [6.07, 6.45) is 11.1. The number of rotatable bonds is 6. The van der Waals surface area contributed by atoms with Gasteiger partial charge in [-0.2, -0.15) is 0 Å². The Morgan fingerprint density at radius 2 is 1.43 bits per heavy atom. The van der Waals surface area contributed by atoms with E-state index < -0.39 is 0 Å². The van der Waals surface area contributed by atoms with Crippen LogP contribution in [0, 0.1) is 5.92 Å². The largest absolute Gasteiger partial charge is 0.870 e. The van der Waals surface area contributed by atoms with Crippen molar-refractivity contribution in [1.29, 1.82) is 0 Å². The summed E-state index contributed by atoms with van der Waals surface area (Å²) in [6.45, 7) is 9.28. The van der Waals surface area contributed by atoms with Gasteiger partial charge in [0.2, 0.25) is 0 Å². The van der Waals surface area contributed by atoms with Crippen LogP contribution in [0.4, 0.5) is 0 Å². The zero-order chi connectivity index (χ0) is 14.8. The molecule has 138 valence electrons. The molecular weight excluding hydrogens is 292 g/mol. The highest BCUT2D eigenvalue weighted by Gasteiger charge is 2.44. The van der Waals surface area contributed by atoms with Gasteiger partial charge in [0.15, 0.2) is 0 Å². The van der Waals surface area contributed by atoms with Crippen molar-refractivity contribution in [3.63, 3.8) is 0 Å². The molecule has 1 atom stereocenters. The topological polar surface area (TPSA) is 80.2 Å². The summed E-state index contributed by atoms with van der Waals surface area (Å²) in [4.78, 5) is 0. The number of likely N-dealkylation sites (tertiary alicyclic amines) is 1. The Bertz CT molecular complexity index is 337. The van der Waals surface area contributed by atoms with Gasteiger partial charge < -0.3 is 25.0 Å². The Balaban J connectivity index is 0.00000132. The van der Waals surface area contributed by atoms with E-state index in [9.17, 15) is 5.11 Å². The second kappa shape index (κ2) is 8.77. The highest BCUT2D eigenvalue weighted by molar-refractivity contribution is 4.79. The summed E-state index contributed by atoms with van der Waals surface area (Å²) in [5.41, 5.74) is 0. The Hall–Kier alpha value is -0.200. The van der Waals surface area contributed by atoms with Crippen molar-refractivity contribution >= 4 is 0 Å². The predicted molar refractivity (Wildman–Crippen MR) is 90.8 cm³/mol. The third-order valence-corrected chi connectivity index (χ3v) is 6.79. The van der Waals surface area contributed by atoms with Crippen molar-refractivity contribution in [3.05, 3.63) is 0 Å². The molecule has 4 rings (SSSR count). The van der Waals surface area contributed by atoms with Crippen LogP contribution in [0.5, 0.6) is 0 Å². The maximum atomic E-state index is 10.2. The average molecular weight is 331 g/mol. The molecule has 1 unspecified atom stereocenters. The van der Waals surface area contributed by atoms with Gasteiger partial charge in [-0.3, -0.25) is 0 Å². The van der Waals surface area contributed by atoms with E-state index in [1.165, 1.54) is 99.6 Å². The lowest BCUT2D eigenvalue weighted by Crippen LogP contribution is -2.63. The quantitative estimate of drug-likeness (QED) is 0.598. The van der Waals surface area contributed by atoms with Gasteiger partial charge in [0, 0.05) is 18.8 Å². The third-order valence-electron chi connectivity index (χ3n) is 6.79. The van der Waals surface area contributed by atoms with Crippen LogP contribution in [0.1, 0.15) is 51.4 Å². The van der Waals surface area contributed by atoms with Crippen molar-refractivity contribution in [2.45, 2.75) is 57.5 Å². The fraction of sp³-hybridized carbons (Fsp3) is 1.00. The molecule has 0 saturated carbocycles. The van der Waals surface area contributed by atoms with E-state index in [1.54, 1.807) is 0 Å². The molecule has 0 aromatic rings. The van der Waals surface area contributed by atoms with E-state index in [0.717, 1.165) is 6.54 Å². The Kier molecular flexibility index (Phi) is 7.94. The number of hydrogen-bond donors (Lipinski definition) is 1. The number of piperidine rings is 4. The van der Waals surface area contributed by atoms with Gasteiger partial charge in [0.1, 0.15) is 12.6 Å². The van der Waals surface area contributed by atoms with E-state index in [2.05, 4.69) is 7.05 Å². The van der Waals surface area contributed by atoms with Crippen LogP contribution in [0.2, 0.25) is 0 Å². The molecule has 4 fully saturated rings. The first-order valence-electron chi connectivity index (χ1n) is 9.48. The van der Waals surface area contributed by atoms with Gasteiger partial charge in [-0.15, -0.1) is 0 Å². The van der Waals surface area contributed by atoms with Gasteiger partial charge in [0.25, 0.3) is 0 Å². The Morgan fingerprint density at radius 3 is 2.04 bits per heavy atom. The van der Waals surface area contributed by atoms with Crippen molar-refractivity contribution in [1.82, 2.24) is 0 Å². The summed E-state index contributed by atoms with van der Waals surface area (Å²) in [6, 6.07) is 0. The number of hydrogen-bond acceptors (Lipinski definition) is 3. The second-order valence-electron chi connectivity index (χ2n) is 8.51. The minimum Gasteiger partial charge on any atom is -0.870 e. The molecule has 4 aliphatic heterocycles. The molecule has 0 spiro atoms. The maximum Gasteiger partial charge on any atom is 0.106 e. The summed E-state index contributed by atoms with van der Waals surface area (Å²) >= 11 is 0. The number of aliphatic hydroxyl groups excluding tert-OH is 1. The summed E-state index contributed by atoms with van der Waals surface area (Å²) < 4.78 is 2.57. The van der Waals surface area contributed by atoms with E-state index in [4.69, 9.17) is 0 Å². The molecule has 0 amide bonds. The second-order valence-corrected chi connectivity index (χ2v) is 8.51. The Labute approximate surface area is 142 Å². The normalized spacial score (nSPS) is 35.2. The minimum atomic E-state index is 0. The molecule has 2 bridgehead atoms. The van der Waals surface area contributed by atoms with Crippen LogP contribution in [0.25, 0.3) is 0 Å². The van der Waals surface area contributed by atoms with Crippen LogP contribution >= 0.6 is 0 Å². The lowest BCUT2D eigenvalue weighted by atomic mass is 9.83. The molecule has 5 heteroatoms. The van der Waals surface area contributed by atoms with Crippen LogP contribution in [0.3, 0.4) is 0 Å². The number of quaternary nitrogens is 2. The molecule has 5 nitrogen and oxygen atoms in total. The van der Waals surface area contributed by atoms with E-state index in [1.807, 2.05) is 0 Å². The first-order chi connectivity index (χ1) is 10.1. The standard InChI is InChI=1S/C18H36N2O.2H2O/c1-19(10-4-2-5-11-19)12-6-3-7-13-20-14-8-17(9-15-20)18(21)16-20;;/h17-18,21H,2-16H2,1H3;2*1H2/q+2;;/p-2. The first kappa shape index (κ1) is 20.8. The first-order valence-corrected chi connectivity index (χ1v) is 9.48. The third kappa shape index (κ3) is 5.13. The van der Waals surface area contributed by atoms with Gasteiger partial charge >= 0.3 is 0 Å². The molecule has 0 aliphatic carbocycles. The number of unbranched alkanes of at least 4 members (excludes halogenated alkanes) is 2. The fourth-order valence-corrected chi connectivity index (χ4v) is 5.18. The lowest BCUT2D eigenvalue weighted by molar-refractivity contribution is -0.946. The number of fused-ring (bicyclic) bond motifs is 3. The van der Waals surface area contributed by atoms with Crippen molar-refractivity contribution < 1.29 is 25.0 Å². The summed E-state index contributed by atoms with van der Waals surface area (Å²) in [5.74, 6) is 0.633. The smallest absolute Gasteiger partial charge is 0.106 e.